The summed E-state index contributed by atoms with van der Waals surface area (Å²) < 4.78 is 2.10. The Balaban J connectivity index is 1.76. The third-order valence-electron chi connectivity index (χ3n) is 5.43. The van der Waals surface area contributed by atoms with Crippen molar-refractivity contribution < 1.29 is 19.8 Å². The third kappa shape index (κ3) is 6.28. The first-order valence-corrected chi connectivity index (χ1v) is 10.8. The van der Waals surface area contributed by atoms with Crippen molar-refractivity contribution in [3.8, 4) is 0 Å². The summed E-state index contributed by atoms with van der Waals surface area (Å²) in [6, 6.07) is 15.6. The molecule has 168 valence electrons. The Morgan fingerprint density at radius 3 is 2.38 bits per heavy atom. The first-order chi connectivity index (χ1) is 15.5. The van der Waals surface area contributed by atoms with E-state index < -0.39 is 18.0 Å². The molecule has 0 aliphatic rings. The number of nitrogens with zero attached hydrogens (tertiary/aromatic N) is 2. The van der Waals surface area contributed by atoms with Gasteiger partial charge in [0.05, 0.1) is 11.3 Å². The average Bonchev–Trinajstić information content (AvgIpc) is 3.17. The Hall–Kier alpha value is -3.45. The highest BCUT2D eigenvalue weighted by atomic mass is 16.4. The molecule has 0 aliphatic carbocycles. The minimum absolute atomic E-state index is 0.248. The molecule has 0 bridgehead atoms. The highest BCUT2D eigenvalue weighted by Crippen LogP contribution is 2.15. The van der Waals surface area contributed by atoms with Gasteiger partial charge in [-0.25, -0.2) is 9.78 Å². The van der Waals surface area contributed by atoms with E-state index in [1.807, 2.05) is 30.3 Å². The Morgan fingerprint density at radius 1 is 1.03 bits per heavy atom. The van der Waals surface area contributed by atoms with Crippen LogP contribution >= 0.6 is 0 Å². The molecule has 0 amide bonds. The lowest BCUT2D eigenvalue weighted by Crippen LogP contribution is -2.38. The number of unbranched alkanes of at least 4 members (excludes halogenated alkanes) is 1. The van der Waals surface area contributed by atoms with E-state index in [1.165, 1.54) is 0 Å². The molecule has 2 aromatic carbocycles. The lowest BCUT2D eigenvalue weighted by molar-refractivity contribution is -0.139. The fourth-order valence-electron chi connectivity index (χ4n) is 3.58. The van der Waals surface area contributed by atoms with Gasteiger partial charge in [-0.2, -0.15) is 0 Å². The van der Waals surface area contributed by atoms with E-state index >= 15 is 0 Å². The number of aromatic carboxylic acids is 1. The molecule has 32 heavy (non-hydrogen) atoms. The number of hydrogen-bond acceptors (Lipinski definition) is 4. The summed E-state index contributed by atoms with van der Waals surface area (Å²) in [5.41, 5.74) is 3.07. The Labute approximate surface area is 187 Å². The number of carboxylic acid groups (broad SMARTS) is 2. The van der Waals surface area contributed by atoms with Crippen molar-refractivity contribution in [3.63, 3.8) is 0 Å². The Bertz CT molecular complexity index is 1030. The molecule has 0 aliphatic heterocycles. The molecule has 7 heteroatoms. The fraction of sp³-hybridized carbons (Fsp3) is 0.320. The van der Waals surface area contributed by atoms with Gasteiger partial charge in [0.1, 0.15) is 11.9 Å². The number of aliphatic carboxylic acids is 1. The van der Waals surface area contributed by atoms with Gasteiger partial charge in [0.2, 0.25) is 0 Å². The lowest BCUT2D eigenvalue weighted by atomic mass is 10.1. The number of aryl methyl sites for hydroxylation is 1. The predicted octanol–water partition coefficient (Wildman–Crippen LogP) is 3.76. The molecule has 3 aromatic rings. The second-order valence-electron chi connectivity index (χ2n) is 7.82. The highest BCUT2D eigenvalue weighted by Gasteiger charge is 2.19. The minimum Gasteiger partial charge on any atom is -0.480 e. The molecular weight excluding hydrogens is 406 g/mol. The van der Waals surface area contributed by atoms with Gasteiger partial charge in [-0.1, -0.05) is 55.8 Å². The molecule has 7 nitrogen and oxygen atoms in total. The molecule has 0 spiro atoms. The highest BCUT2D eigenvalue weighted by molar-refractivity contribution is 5.87. The minimum atomic E-state index is -0.953. The largest absolute Gasteiger partial charge is 0.480 e. The normalized spacial score (nSPS) is 11.9. The second kappa shape index (κ2) is 11.2. The summed E-state index contributed by atoms with van der Waals surface area (Å²) in [5, 5.41) is 22.0. The van der Waals surface area contributed by atoms with Crippen LogP contribution in [-0.4, -0.2) is 37.7 Å². The maximum Gasteiger partial charge on any atom is 0.335 e. The number of carbonyl (C=O) groups is 2. The van der Waals surface area contributed by atoms with Crippen molar-refractivity contribution in [2.45, 2.75) is 51.7 Å². The molecular formula is C25H29N3O4. The molecule has 1 atom stereocenters. The lowest BCUT2D eigenvalue weighted by Gasteiger charge is -2.17. The maximum absolute atomic E-state index is 11.8. The molecule has 1 heterocycles. The van der Waals surface area contributed by atoms with E-state index in [4.69, 9.17) is 5.11 Å². The van der Waals surface area contributed by atoms with Gasteiger partial charge in [-0.3, -0.25) is 10.1 Å². The van der Waals surface area contributed by atoms with Crippen LogP contribution in [0.3, 0.4) is 0 Å². The van der Waals surface area contributed by atoms with Crippen LogP contribution in [0.2, 0.25) is 0 Å². The number of aromatic nitrogens is 2. The van der Waals surface area contributed by atoms with Gasteiger partial charge >= 0.3 is 11.9 Å². The van der Waals surface area contributed by atoms with Gasteiger partial charge < -0.3 is 14.8 Å². The van der Waals surface area contributed by atoms with Crippen LogP contribution in [0.4, 0.5) is 0 Å². The fourth-order valence-corrected chi connectivity index (χ4v) is 3.58. The average molecular weight is 436 g/mol. The zero-order chi connectivity index (χ0) is 22.9. The number of rotatable bonds is 12. The number of benzene rings is 2. The summed E-state index contributed by atoms with van der Waals surface area (Å²) in [5.74, 6) is -0.901. The van der Waals surface area contributed by atoms with Crippen LogP contribution in [0.1, 0.15) is 52.8 Å². The van der Waals surface area contributed by atoms with Crippen LogP contribution in [-0.2, 0) is 30.7 Å². The first-order valence-electron chi connectivity index (χ1n) is 10.8. The summed E-state index contributed by atoms with van der Waals surface area (Å²) in [6.07, 6.45) is 5.07. The van der Waals surface area contributed by atoms with Crippen molar-refractivity contribution >= 4 is 11.9 Å². The van der Waals surface area contributed by atoms with Gasteiger partial charge in [0.25, 0.3) is 0 Å². The van der Waals surface area contributed by atoms with Crippen LogP contribution in [0.5, 0.6) is 0 Å². The van der Waals surface area contributed by atoms with Crippen molar-refractivity contribution in [1.29, 1.82) is 0 Å². The SMILES string of the molecule is CCCCc1ncc(CN[C@@H](Cc2ccccc2)C(=O)O)n1Cc1ccc(C(=O)O)cc1. The molecule has 0 radical (unpaired) electrons. The standard InChI is InChI=1S/C25H29N3O4/c1-2-3-9-23-27-16-21(28(23)17-19-10-12-20(13-11-19)24(29)30)15-26-22(25(31)32)14-18-7-5-4-6-8-18/h4-8,10-13,16,22,26H,2-3,9,14-15,17H2,1H3,(H,29,30)(H,31,32)/t22-/m0/s1. The zero-order valence-electron chi connectivity index (χ0n) is 18.2. The Morgan fingerprint density at radius 2 is 1.75 bits per heavy atom. The monoisotopic (exact) mass is 435 g/mol. The van der Waals surface area contributed by atoms with E-state index in [-0.39, 0.29) is 5.56 Å². The van der Waals surface area contributed by atoms with E-state index in [2.05, 4.69) is 21.8 Å². The predicted molar refractivity (Wildman–Crippen MR) is 122 cm³/mol. The van der Waals surface area contributed by atoms with Crippen LogP contribution in [0.25, 0.3) is 0 Å². The molecule has 1 aromatic heterocycles. The quantitative estimate of drug-likeness (QED) is 0.400. The summed E-state index contributed by atoms with van der Waals surface area (Å²) >= 11 is 0. The van der Waals surface area contributed by atoms with Crippen LogP contribution < -0.4 is 5.32 Å². The van der Waals surface area contributed by atoms with Gasteiger partial charge in [-0.15, -0.1) is 0 Å². The van der Waals surface area contributed by atoms with Gasteiger partial charge in [-0.05, 0) is 36.1 Å². The summed E-state index contributed by atoms with van der Waals surface area (Å²) in [7, 11) is 0. The first kappa shape index (κ1) is 23.2. The van der Waals surface area contributed by atoms with E-state index in [9.17, 15) is 14.7 Å². The zero-order valence-corrected chi connectivity index (χ0v) is 18.2. The van der Waals surface area contributed by atoms with E-state index in [0.29, 0.717) is 19.5 Å². The number of carboxylic acids is 2. The van der Waals surface area contributed by atoms with Crippen molar-refractivity contribution in [2.24, 2.45) is 0 Å². The number of imidazole rings is 1. The third-order valence-corrected chi connectivity index (χ3v) is 5.43. The van der Waals surface area contributed by atoms with Gasteiger partial charge in [0, 0.05) is 25.7 Å². The maximum atomic E-state index is 11.8. The summed E-state index contributed by atoms with van der Waals surface area (Å²) in [4.78, 5) is 27.5. The Kier molecular flexibility index (Phi) is 8.16. The van der Waals surface area contributed by atoms with E-state index in [1.54, 1.807) is 30.5 Å². The molecule has 3 rings (SSSR count). The smallest absolute Gasteiger partial charge is 0.335 e. The topological polar surface area (TPSA) is 104 Å². The van der Waals surface area contributed by atoms with Crippen molar-refractivity contribution in [3.05, 3.63) is 89.0 Å². The number of nitrogens with one attached hydrogen (secondary N) is 1. The van der Waals surface area contributed by atoms with Crippen molar-refractivity contribution in [1.82, 2.24) is 14.9 Å². The van der Waals surface area contributed by atoms with Crippen molar-refractivity contribution in [2.75, 3.05) is 0 Å². The van der Waals surface area contributed by atoms with Crippen LogP contribution in [0.15, 0.2) is 60.8 Å². The van der Waals surface area contributed by atoms with Crippen LogP contribution in [0, 0.1) is 0 Å². The molecule has 3 N–H and O–H groups in total. The van der Waals surface area contributed by atoms with Gasteiger partial charge in [0.15, 0.2) is 0 Å². The molecule has 0 unspecified atom stereocenters. The second-order valence-corrected chi connectivity index (χ2v) is 7.82. The number of hydrogen-bond donors (Lipinski definition) is 3. The molecule has 0 saturated carbocycles. The summed E-state index contributed by atoms with van der Waals surface area (Å²) in [6.45, 7) is 3.05. The molecule has 0 saturated heterocycles. The van der Waals surface area contributed by atoms with E-state index in [0.717, 1.165) is 41.9 Å². The molecule has 0 fully saturated rings.